The number of nitro benzene ring substituents is 1. The van der Waals surface area contributed by atoms with Crippen molar-refractivity contribution in [3.63, 3.8) is 0 Å². The van der Waals surface area contributed by atoms with Crippen LogP contribution in [0.5, 0.6) is 0 Å². The summed E-state index contributed by atoms with van der Waals surface area (Å²) in [5.74, 6) is -0.317. The van der Waals surface area contributed by atoms with Crippen LogP contribution in [-0.4, -0.2) is 20.8 Å². The summed E-state index contributed by atoms with van der Waals surface area (Å²) in [6.07, 6.45) is 1.46. The van der Waals surface area contributed by atoms with Crippen molar-refractivity contribution in [2.45, 2.75) is 13.5 Å². The van der Waals surface area contributed by atoms with Gasteiger partial charge < -0.3 is 5.32 Å². The van der Waals surface area contributed by atoms with Gasteiger partial charge in [0.1, 0.15) is 6.33 Å². The molecule has 0 unspecified atom stereocenters. The topological polar surface area (TPSA) is 98.0 Å². The number of nitro groups is 1. The average Bonchev–Trinajstić information content (AvgIpc) is 2.66. The van der Waals surface area contributed by atoms with Crippen molar-refractivity contribution in [1.82, 2.24) is 15.3 Å². The third-order valence-electron chi connectivity index (χ3n) is 3.88. The molecule has 7 heteroatoms. The van der Waals surface area contributed by atoms with E-state index in [1.807, 2.05) is 36.4 Å². The molecule has 130 valence electrons. The lowest BCUT2D eigenvalue weighted by Gasteiger charge is -2.07. The van der Waals surface area contributed by atoms with Gasteiger partial charge in [-0.05, 0) is 25.1 Å². The lowest BCUT2D eigenvalue weighted by Crippen LogP contribution is -2.23. The van der Waals surface area contributed by atoms with Crippen LogP contribution in [0.1, 0.15) is 21.6 Å². The molecule has 0 saturated heterocycles. The van der Waals surface area contributed by atoms with E-state index in [9.17, 15) is 14.9 Å². The molecule has 0 aliphatic heterocycles. The molecule has 0 saturated carbocycles. The molecule has 7 nitrogen and oxygen atoms in total. The summed E-state index contributed by atoms with van der Waals surface area (Å²) in [4.78, 5) is 31.1. The first-order chi connectivity index (χ1) is 12.5. The summed E-state index contributed by atoms with van der Waals surface area (Å²) < 4.78 is 0. The molecule has 0 aliphatic carbocycles. The van der Waals surface area contributed by atoms with E-state index >= 15 is 0 Å². The minimum atomic E-state index is -0.469. The third kappa shape index (κ3) is 3.89. The first kappa shape index (κ1) is 17.2. The number of hydrogen-bond acceptors (Lipinski definition) is 5. The smallest absolute Gasteiger partial charge is 0.272 e. The van der Waals surface area contributed by atoms with Crippen LogP contribution in [-0.2, 0) is 6.54 Å². The van der Waals surface area contributed by atoms with E-state index in [1.54, 1.807) is 6.92 Å². The molecule has 0 spiro atoms. The molecule has 2 aromatic carbocycles. The Morgan fingerprint density at radius 1 is 1.12 bits per heavy atom. The maximum atomic E-state index is 12.3. The number of benzene rings is 2. The van der Waals surface area contributed by atoms with E-state index in [4.69, 9.17) is 0 Å². The van der Waals surface area contributed by atoms with E-state index in [0.29, 0.717) is 16.8 Å². The van der Waals surface area contributed by atoms with Gasteiger partial charge in [0.05, 0.1) is 22.9 Å². The molecule has 0 fully saturated rings. The quantitative estimate of drug-likeness (QED) is 0.563. The Balaban J connectivity index is 1.70. The predicted molar refractivity (Wildman–Crippen MR) is 96.5 cm³/mol. The summed E-state index contributed by atoms with van der Waals surface area (Å²) >= 11 is 0. The van der Waals surface area contributed by atoms with Crippen LogP contribution in [0.15, 0.2) is 60.9 Å². The van der Waals surface area contributed by atoms with Crippen molar-refractivity contribution in [3.05, 3.63) is 87.9 Å². The van der Waals surface area contributed by atoms with E-state index < -0.39 is 4.92 Å². The maximum Gasteiger partial charge on any atom is 0.272 e. The van der Waals surface area contributed by atoms with Crippen LogP contribution in [0, 0.1) is 17.0 Å². The number of carbonyl (C=O) groups is 1. The minimum Gasteiger partial charge on any atom is -0.346 e. The van der Waals surface area contributed by atoms with Gasteiger partial charge in [0.15, 0.2) is 0 Å². The highest BCUT2D eigenvalue weighted by molar-refractivity contribution is 5.94. The zero-order valence-electron chi connectivity index (χ0n) is 14.0. The lowest BCUT2D eigenvalue weighted by molar-refractivity contribution is -0.385. The monoisotopic (exact) mass is 348 g/mol. The number of amides is 1. The number of aryl methyl sites for hydroxylation is 1. The first-order valence-electron chi connectivity index (χ1n) is 7.94. The van der Waals surface area contributed by atoms with Crippen molar-refractivity contribution < 1.29 is 9.72 Å². The van der Waals surface area contributed by atoms with E-state index in [1.165, 1.54) is 24.5 Å². The summed E-state index contributed by atoms with van der Waals surface area (Å²) in [6, 6.07) is 15.8. The van der Waals surface area contributed by atoms with Gasteiger partial charge in [0.2, 0.25) is 0 Å². The number of hydrogen-bond donors (Lipinski definition) is 1. The molecule has 0 radical (unpaired) electrons. The molecular formula is C19H16N4O3. The van der Waals surface area contributed by atoms with Crippen molar-refractivity contribution in [3.8, 4) is 11.3 Å². The van der Waals surface area contributed by atoms with Gasteiger partial charge in [-0.3, -0.25) is 14.9 Å². The highest BCUT2D eigenvalue weighted by Crippen LogP contribution is 2.19. The summed E-state index contributed by atoms with van der Waals surface area (Å²) in [5.41, 5.74) is 3.21. The van der Waals surface area contributed by atoms with Gasteiger partial charge in [-0.25, -0.2) is 9.97 Å². The Morgan fingerprint density at radius 3 is 2.58 bits per heavy atom. The molecule has 0 aliphatic rings. The van der Waals surface area contributed by atoms with Gasteiger partial charge in [-0.15, -0.1) is 0 Å². The molecule has 1 aromatic heterocycles. The number of rotatable bonds is 5. The van der Waals surface area contributed by atoms with Crippen LogP contribution < -0.4 is 5.32 Å². The molecule has 0 bridgehead atoms. The fourth-order valence-electron chi connectivity index (χ4n) is 2.54. The van der Waals surface area contributed by atoms with Gasteiger partial charge in [0, 0.05) is 22.8 Å². The highest BCUT2D eigenvalue weighted by atomic mass is 16.6. The van der Waals surface area contributed by atoms with Crippen molar-refractivity contribution in [1.29, 1.82) is 0 Å². The first-order valence-corrected chi connectivity index (χ1v) is 7.94. The second-order valence-corrected chi connectivity index (χ2v) is 5.70. The molecule has 3 aromatic rings. The zero-order valence-corrected chi connectivity index (χ0v) is 14.0. The fraction of sp³-hybridized carbons (Fsp3) is 0.105. The normalized spacial score (nSPS) is 10.3. The van der Waals surface area contributed by atoms with E-state index in [0.717, 1.165) is 11.3 Å². The van der Waals surface area contributed by atoms with Crippen LogP contribution in [0.4, 0.5) is 5.69 Å². The zero-order chi connectivity index (χ0) is 18.5. The Labute approximate surface area is 149 Å². The standard InChI is InChI=1S/C19H16N4O3/c1-13-9-15(7-8-18(13)23(25)26)19(24)20-11-16-10-17(22-12-21-16)14-5-3-2-4-6-14/h2-10,12H,11H2,1H3,(H,20,24). The van der Waals surface area contributed by atoms with Crippen molar-refractivity contribution >= 4 is 11.6 Å². The number of nitrogens with one attached hydrogen (secondary N) is 1. The Morgan fingerprint density at radius 2 is 1.88 bits per heavy atom. The molecule has 1 amide bonds. The Bertz CT molecular complexity index is 958. The summed E-state index contributed by atoms with van der Waals surface area (Å²) in [5, 5.41) is 13.6. The predicted octanol–water partition coefficient (Wildman–Crippen LogP) is 3.29. The molecule has 3 rings (SSSR count). The molecule has 26 heavy (non-hydrogen) atoms. The Kier molecular flexibility index (Phi) is 4.98. The lowest BCUT2D eigenvalue weighted by atomic mass is 10.1. The summed E-state index contributed by atoms with van der Waals surface area (Å²) in [6.45, 7) is 1.84. The molecular weight excluding hydrogens is 332 g/mol. The second-order valence-electron chi connectivity index (χ2n) is 5.70. The molecule has 0 atom stereocenters. The maximum absolute atomic E-state index is 12.3. The number of nitrogens with zero attached hydrogens (tertiary/aromatic N) is 3. The van der Waals surface area contributed by atoms with Crippen LogP contribution >= 0.6 is 0 Å². The average molecular weight is 348 g/mol. The largest absolute Gasteiger partial charge is 0.346 e. The SMILES string of the molecule is Cc1cc(C(=O)NCc2cc(-c3ccccc3)ncn2)ccc1[N+](=O)[O-]. The van der Waals surface area contributed by atoms with Gasteiger partial charge in [0.25, 0.3) is 11.6 Å². The second kappa shape index (κ2) is 7.52. The molecule has 1 heterocycles. The fourth-order valence-corrected chi connectivity index (χ4v) is 2.54. The van der Waals surface area contributed by atoms with E-state index in [-0.39, 0.29) is 18.1 Å². The number of aromatic nitrogens is 2. The van der Waals surface area contributed by atoms with Gasteiger partial charge >= 0.3 is 0 Å². The van der Waals surface area contributed by atoms with Gasteiger partial charge in [-0.2, -0.15) is 0 Å². The van der Waals surface area contributed by atoms with Crippen LogP contribution in [0.3, 0.4) is 0 Å². The van der Waals surface area contributed by atoms with Crippen molar-refractivity contribution in [2.24, 2.45) is 0 Å². The Hall–Kier alpha value is -3.61. The van der Waals surface area contributed by atoms with Crippen LogP contribution in [0.25, 0.3) is 11.3 Å². The minimum absolute atomic E-state index is 0.00940. The summed E-state index contributed by atoms with van der Waals surface area (Å²) in [7, 11) is 0. The number of carbonyl (C=O) groups excluding carboxylic acids is 1. The van der Waals surface area contributed by atoms with E-state index in [2.05, 4.69) is 15.3 Å². The highest BCUT2D eigenvalue weighted by Gasteiger charge is 2.14. The third-order valence-corrected chi connectivity index (χ3v) is 3.88. The van der Waals surface area contributed by atoms with Gasteiger partial charge in [-0.1, -0.05) is 30.3 Å². The van der Waals surface area contributed by atoms with Crippen molar-refractivity contribution in [2.75, 3.05) is 0 Å². The molecule has 1 N–H and O–H groups in total. The van der Waals surface area contributed by atoms with Crippen LogP contribution in [0.2, 0.25) is 0 Å².